The maximum absolute atomic E-state index is 11.8. The lowest BCUT2D eigenvalue weighted by Gasteiger charge is -2.62. The average Bonchev–Trinajstić information content (AvgIpc) is 3.62. The van der Waals surface area contributed by atoms with E-state index in [9.17, 15) is 20.4 Å². The van der Waals surface area contributed by atoms with Gasteiger partial charge in [-0.1, -0.05) is 12.2 Å². The third-order valence-corrected chi connectivity index (χ3v) is 15.0. The number of hydrogen-bond acceptors (Lipinski definition) is 4. The highest BCUT2D eigenvalue weighted by Crippen LogP contribution is 2.61. The van der Waals surface area contributed by atoms with Gasteiger partial charge in [-0.05, 0) is 60.4 Å². The lowest BCUT2D eigenvalue weighted by Crippen LogP contribution is -3.00. The van der Waals surface area contributed by atoms with E-state index in [-0.39, 0.29) is 61.4 Å². The summed E-state index contributed by atoms with van der Waals surface area (Å²) in [5.41, 5.74) is 11.4. The number of halogens is 2. The van der Waals surface area contributed by atoms with Crippen molar-refractivity contribution in [2.24, 2.45) is 23.7 Å². The number of benzene rings is 2. The Hall–Kier alpha value is -2.98. The van der Waals surface area contributed by atoms with Crippen LogP contribution in [0.2, 0.25) is 0 Å². The molecule has 0 aliphatic carbocycles. The number of likely N-dealkylation sites (N-methyl/N-ethyl adjacent to an activating group) is 2. The highest BCUT2D eigenvalue weighted by atomic mass is 35.5. The molecule has 8 nitrogen and oxygen atoms in total. The molecule has 50 heavy (non-hydrogen) atoms. The molecular formula is C40H48Cl2N4O4. The number of phenols is 2. The van der Waals surface area contributed by atoms with Crippen LogP contribution in [0.5, 0.6) is 11.5 Å². The lowest BCUT2D eigenvalue weighted by molar-refractivity contribution is -0.978. The van der Waals surface area contributed by atoms with Crippen LogP contribution in [0.15, 0.2) is 47.6 Å². The van der Waals surface area contributed by atoms with Crippen molar-refractivity contribution in [3.05, 3.63) is 70.1 Å². The quantitative estimate of drug-likeness (QED) is 0.130. The SMILES string of the molecule is C/C=C1/C[N+]2(C)C3CC1C(CO)C2Cc1c3[nH]c2ccc(O)c(-c3c(O)ccc4[nH]c5c(c34)CC3C(CO)C4CC5[N+]3(C)C/C4=C/C)c12.[Cl-].[Cl-]. The highest BCUT2D eigenvalue weighted by Gasteiger charge is 2.63. The number of H-pyrrole nitrogens is 2. The number of aromatic hydroxyl groups is 2. The van der Waals surface area contributed by atoms with Gasteiger partial charge in [0, 0.05) is 82.3 Å². The van der Waals surface area contributed by atoms with E-state index in [1.54, 1.807) is 12.1 Å². The summed E-state index contributed by atoms with van der Waals surface area (Å²) < 4.78 is 1.83. The summed E-state index contributed by atoms with van der Waals surface area (Å²) in [4.78, 5) is 7.71. The fourth-order valence-electron chi connectivity index (χ4n) is 12.8. The van der Waals surface area contributed by atoms with Gasteiger partial charge in [0.2, 0.25) is 0 Å². The smallest absolute Gasteiger partial charge is 0.131 e. The predicted octanol–water partition coefficient (Wildman–Crippen LogP) is -0.263. The van der Waals surface area contributed by atoms with E-state index in [0.29, 0.717) is 47.1 Å². The number of rotatable bonds is 3. The normalized spacial score (nSPS) is 37.6. The van der Waals surface area contributed by atoms with Crippen LogP contribution in [-0.2, 0) is 12.8 Å². The number of aliphatic hydroxyl groups is 2. The summed E-state index contributed by atoms with van der Waals surface area (Å²) >= 11 is 0. The summed E-state index contributed by atoms with van der Waals surface area (Å²) in [5, 5.41) is 47.1. The zero-order valence-corrected chi connectivity index (χ0v) is 30.7. The number of aromatic amines is 2. The molecule has 10 heteroatoms. The number of aliphatic hydroxyl groups excluding tert-OH is 2. The van der Waals surface area contributed by atoms with Crippen molar-refractivity contribution < 1.29 is 54.2 Å². The summed E-state index contributed by atoms with van der Waals surface area (Å²) in [7, 11) is 4.76. The molecule has 8 aliphatic rings. The van der Waals surface area contributed by atoms with Gasteiger partial charge in [0.1, 0.15) is 36.7 Å². The molecule has 6 saturated heterocycles. The molecule has 2 aromatic carbocycles. The molecule has 0 radical (unpaired) electrons. The molecule has 2 aromatic heterocycles. The largest absolute Gasteiger partial charge is 1.00 e. The zero-order valence-electron chi connectivity index (χ0n) is 29.2. The number of hydrogen-bond donors (Lipinski definition) is 6. The Morgan fingerprint density at radius 3 is 1.44 bits per heavy atom. The summed E-state index contributed by atoms with van der Waals surface area (Å²) in [6.07, 6.45) is 8.22. The molecule has 8 bridgehead atoms. The third kappa shape index (κ3) is 3.93. The molecule has 10 heterocycles. The first kappa shape index (κ1) is 34.1. The van der Waals surface area contributed by atoms with Crippen LogP contribution in [0.1, 0.15) is 61.3 Å². The van der Waals surface area contributed by atoms with Crippen LogP contribution < -0.4 is 24.8 Å². The minimum Gasteiger partial charge on any atom is -1.00 e. The molecule has 0 saturated carbocycles. The molecule has 8 aliphatic heterocycles. The molecule has 10 unspecified atom stereocenters. The van der Waals surface area contributed by atoms with E-state index in [1.165, 1.54) is 33.7 Å². The molecule has 6 N–H and O–H groups in total. The number of nitrogens with zero attached hydrogens (tertiary/aromatic N) is 2. The molecule has 0 amide bonds. The van der Waals surface area contributed by atoms with E-state index in [2.05, 4.69) is 50.1 Å². The van der Waals surface area contributed by atoms with Gasteiger partial charge in [0.25, 0.3) is 0 Å². The Kier molecular flexibility index (Phi) is 7.68. The number of aromatic nitrogens is 2. The Morgan fingerprint density at radius 2 is 1.08 bits per heavy atom. The fraction of sp³-hybridized carbons (Fsp3) is 0.500. The highest BCUT2D eigenvalue weighted by molar-refractivity contribution is 6.11. The van der Waals surface area contributed by atoms with Crippen LogP contribution in [0.3, 0.4) is 0 Å². The maximum atomic E-state index is 11.8. The van der Waals surface area contributed by atoms with E-state index in [1.807, 2.05) is 12.1 Å². The number of nitrogens with one attached hydrogen (secondary N) is 2. The Bertz CT molecular complexity index is 1990. The van der Waals surface area contributed by atoms with Crippen LogP contribution in [0.4, 0.5) is 0 Å². The monoisotopic (exact) mass is 718 g/mol. The molecule has 10 atom stereocenters. The number of fused-ring (bicyclic) bond motifs is 8. The molecule has 4 aromatic rings. The summed E-state index contributed by atoms with van der Waals surface area (Å²) in [6.45, 7) is 6.68. The van der Waals surface area contributed by atoms with Crippen molar-refractivity contribution in [3.8, 4) is 22.6 Å². The first-order chi connectivity index (χ1) is 23.2. The van der Waals surface area contributed by atoms with Gasteiger partial charge in [-0.15, -0.1) is 0 Å². The summed E-state index contributed by atoms with van der Waals surface area (Å²) in [6, 6.07) is 8.75. The lowest BCUT2D eigenvalue weighted by atomic mass is 9.62. The van der Waals surface area contributed by atoms with Crippen molar-refractivity contribution in [2.45, 2.75) is 63.7 Å². The van der Waals surface area contributed by atoms with E-state index in [4.69, 9.17) is 0 Å². The van der Waals surface area contributed by atoms with Crippen molar-refractivity contribution in [2.75, 3.05) is 40.4 Å². The number of allylic oxidation sites excluding steroid dienone is 2. The minimum absolute atomic E-state index is 0. The Morgan fingerprint density at radius 1 is 0.680 bits per heavy atom. The summed E-state index contributed by atoms with van der Waals surface area (Å²) in [5.74, 6) is 1.56. The number of phenolic OH excluding ortho intramolecular Hbond substituents is 2. The molecule has 266 valence electrons. The standard InChI is InChI=1S/C40H46N4O4.2ClH/c1-5-19-15-43(3)29-13-23-35-27(41-39(23)31(43)11-21(19)25(29)17-45)7-9-33(47)37(35)38-34(48)10-8-28-36(38)24-14-30-26(18-46)22-12-32(40(24)42-28)44(30,4)16-20(22)6-2;;/h5-10,21-22,25-26,29-32,41-42,45-46H,11-18H2,1-4H3;2*1H/b19-5-,20-6-;;. The van der Waals surface area contributed by atoms with Gasteiger partial charge in [-0.25, -0.2) is 0 Å². The van der Waals surface area contributed by atoms with Gasteiger partial charge in [-0.2, -0.15) is 0 Å². The second-order valence-electron chi connectivity index (χ2n) is 16.5. The van der Waals surface area contributed by atoms with Gasteiger partial charge < -0.3 is 64.2 Å². The van der Waals surface area contributed by atoms with Crippen molar-refractivity contribution in [1.29, 1.82) is 0 Å². The van der Waals surface area contributed by atoms with Crippen LogP contribution in [0.25, 0.3) is 32.9 Å². The first-order valence-electron chi connectivity index (χ1n) is 18.1. The van der Waals surface area contributed by atoms with Gasteiger partial charge in [0.15, 0.2) is 0 Å². The van der Waals surface area contributed by atoms with Crippen molar-refractivity contribution >= 4 is 21.8 Å². The van der Waals surface area contributed by atoms with Crippen LogP contribution >= 0.6 is 0 Å². The van der Waals surface area contributed by atoms with Crippen LogP contribution in [-0.4, -0.2) is 91.8 Å². The second-order valence-corrected chi connectivity index (χ2v) is 16.5. The van der Waals surface area contributed by atoms with Gasteiger partial charge in [-0.3, -0.25) is 0 Å². The molecular weight excluding hydrogens is 671 g/mol. The van der Waals surface area contributed by atoms with E-state index >= 15 is 0 Å². The average molecular weight is 720 g/mol. The topological polar surface area (TPSA) is 113 Å². The maximum Gasteiger partial charge on any atom is 0.131 e. The Labute approximate surface area is 305 Å². The van der Waals surface area contributed by atoms with Crippen LogP contribution in [0, 0.1) is 23.7 Å². The second kappa shape index (κ2) is 11.3. The van der Waals surface area contributed by atoms with E-state index in [0.717, 1.165) is 69.5 Å². The number of quaternary nitrogens is 2. The van der Waals surface area contributed by atoms with Gasteiger partial charge in [0.05, 0.1) is 50.8 Å². The van der Waals surface area contributed by atoms with Gasteiger partial charge >= 0.3 is 0 Å². The van der Waals surface area contributed by atoms with Crippen molar-refractivity contribution in [3.63, 3.8) is 0 Å². The minimum atomic E-state index is 0. The Balaban J connectivity index is 0.00000180. The zero-order chi connectivity index (χ0) is 33.0. The molecule has 12 rings (SSSR count). The first-order valence-corrected chi connectivity index (χ1v) is 18.1. The van der Waals surface area contributed by atoms with Crippen molar-refractivity contribution in [1.82, 2.24) is 9.97 Å². The van der Waals surface area contributed by atoms with E-state index < -0.39 is 0 Å². The fourth-order valence-corrected chi connectivity index (χ4v) is 12.8. The molecule has 0 spiro atoms. The number of piperidine rings is 6. The third-order valence-electron chi connectivity index (χ3n) is 15.0. The molecule has 6 fully saturated rings. The predicted molar refractivity (Wildman–Crippen MR) is 186 cm³/mol.